The van der Waals surface area contributed by atoms with Gasteiger partial charge in [0.2, 0.25) is 10.0 Å². The van der Waals surface area contributed by atoms with Crippen molar-refractivity contribution in [3.05, 3.63) is 44.9 Å². The molecule has 0 spiro atoms. The normalized spacial score (nSPS) is 11.4. The molecule has 0 aliphatic rings. The number of aromatic nitrogens is 1. The van der Waals surface area contributed by atoms with Gasteiger partial charge in [0.15, 0.2) is 0 Å². The zero-order valence-corrected chi connectivity index (χ0v) is 14.2. The molecule has 2 aromatic rings. The third-order valence-electron chi connectivity index (χ3n) is 2.74. The Bertz CT molecular complexity index is 802. The fourth-order valence-electron chi connectivity index (χ4n) is 1.64. The van der Waals surface area contributed by atoms with E-state index < -0.39 is 16.0 Å². The van der Waals surface area contributed by atoms with E-state index in [2.05, 4.69) is 9.71 Å². The van der Waals surface area contributed by atoms with Crippen LogP contribution in [0, 0.1) is 6.92 Å². The molecule has 0 bridgehead atoms. The van der Waals surface area contributed by atoms with Crippen LogP contribution in [0.1, 0.15) is 21.1 Å². The number of esters is 1. The van der Waals surface area contributed by atoms with Crippen LogP contribution < -0.4 is 4.72 Å². The Labute approximate surface area is 137 Å². The number of ether oxygens (including phenoxy) is 1. The smallest absolute Gasteiger partial charge is 0.338 e. The van der Waals surface area contributed by atoms with E-state index in [-0.39, 0.29) is 22.1 Å². The molecule has 0 aliphatic heterocycles. The number of sulfonamides is 1. The van der Waals surface area contributed by atoms with Crippen LogP contribution in [0.15, 0.2) is 28.5 Å². The lowest BCUT2D eigenvalue weighted by Gasteiger charge is -2.08. The van der Waals surface area contributed by atoms with Crippen LogP contribution in [0.25, 0.3) is 0 Å². The third kappa shape index (κ3) is 3.83. The van der Waals surface area contributed by atoms with E-state index in [1.54, 1.807) is 5.38 Å². The number of thiazole rings is 1. The lowest BCUT2D eigenvalue weighted by Crippen LogP contribution is -2.19. The van der Waals surface area contributed by atoms with E-state index in [0.29, 0.717) is 5.69 Å². The first-order valence-electron chi connectivity index (χ1n) is 6.14. The molecule has 118 valence electrons. The van der Waals surface area contributed by atoms with Crippen molar-refractivity contribution in [1.82, 2.24) is 9.71 Å². The SMILES string of the molecule is CNS(=O)(=O)c1cc(C(=O)OCc2csc(C)n2)ccc1Cl. The van der Waals surface area contributed by atoms with Crippen LogP contribution in [-0.4, -0.2) is 26.4 Å². The lowest BCUT2D eigenvalue weighted by molar-refractivity contribution is 0.0468. The summed E-state index contributed by atoms with van der Waals surface area (Å²) in [5.41, 5.74) is 0.748. The second kappa shape index (κ2) is 6.74. The quantitative estimate of drug-likeness (QED) is 0.827. The van der Waals surface area contributed by atoms with E-state index in [4.69, 9.17) is 16.3 Å². The molecular weight excluding hydrogens is 348 g/mol. The van der Waals surface area contributed by atoms with Crippen molar-refractivity contribution in [3.63, 3.8) is 0 Å². The van der Waals surface area contributed by atoms with Crippen molar-refractivity contribution >= 4 is 38.9 Å². The molecule has 1 heterocycles. The van der Waals surface area contributed by atoms with Gasteiger partial charge in [-0.05, 0) is 32.2 Å². The molecule has 22 heavy (non-hydrogen) atoms. The van der Waals surface area contributed by atoms with Gasteiger partial charge in [-0.15, -0.1) is 11.3 Å². The van der Waals surface area contributed by atoms with Gasteiger partial charge in [-0.2, -0.15) is 0 Å². The number of carbonyl (C=O) groups excluding carboxylic acids is 1. The number of rotatable bonds is 5. The minimum atomic E-state index is -3.75. The van der Waals surface area contributed by atoms with Gasteiger partial charge in [0.25, 0.3) is 0 Å². The predicted octanol–water partition coefficient (Wildman–Crippen LogP) is 2.37. The van der Waals surface area contributed by atoms with Crippen LogP contribution in [0.5, 0.6) is 0 Å². The maximum atomic E-state index is 12.0. The third-order valence-corrected chi connectivity index (χ3v) is 5.46. The summed E-state index contributed by atoms with van der Waals surface area (Å²) in [5, 5.41) is 2.70. The number of hydrogen-bond acceptors (Lipinski definition) is 6. The van der Waals surface area contributed by atoms with Gasteiger partial charge in [0.1, 0.15) is 11.5 Å². The van der Waals surface area contributed by atoms with E-state index >= 15 is 0 Å². The highest BCUT2D eigenvalue weighted by molar-refractivity contribution is 7.89. The van der Waals surface area contributed by atoms with E-state index in [1.807, 2.05) is 6.92 Å². The predicted molar refractivity (Wildman–Crippen MR) is 83.7 cm³/mol. The zero-order chi connectivity index (χ0) is 16.3. The van der Waals surface area contributed by atoms with E-state index in [1.165, 1.54) is 36.6 Å². The maximum absolute atomic E-state index is 12.0. The molecule has 0 unspecified atom stereocenters. The van der Waals surface area contributed by atoms with Crippen molar-refractivity contribution in [1.29, 1.82) is 0 Å². The molecular formula is C13H13ClN2O4S2. The lowest BCUT2D eigenvalue weighted by atomic mass is 10.2. The molecule has 0 aliphatic carbocycles. The molecule has 1 aromatic carbocycles. The molecule has 0 saturated heterocycles. The summed E-state index contributed by atoms with van der Waals surface area (Å²) < 4.78 is 30.9. The Kier molecular flexibility index (Phi) is 5.17. The van der Waals surface area contributed by atoms with Gasteiger partial charge in [-0.25, -0.2) is 22.9 Å². The summed E-state index contributed by atoms with van der Waals surface area (Å²) in [5.74, 6) is -0.644. The molecule has 6 nitrogen and oxygen atoms in total. The Hall–Kier alpha value is -1.48. The van der Waals surface area contributed by atoms with Gasteiger partial charge in [0, 0.05) is 5.38 Å². The monoisotopic (exact) mass is 360 g/mol. The van der Waals surface area contributed by atoms with Crippen LogP contribution >= 0.6 is 22.9 Å². The molecule has 9 heteroatoms. The van der Waals surface area contributed by atoms with E-state index in [9.17, 15) is 13.2 Å². The van der Waals surface area contributed by atoms with Crippen molar-refractivity contribution in [2.24, 2.45) is 0 Å². The summed E-state index contributed by atoms with van der Waals surface area (Å²) in [6, 6.07) is 3.93. The molecule has 0 atom stereocenters. The topological polar surface area (TPSA) is 85.4 Å². The minimum absolute atomic E-state index is 0.0277. The zero-order valence-electron chi connectivity index (χ0n) is 11.8. The van der Waals surface area contributed by atoms with Gasteiger partial charge in [-0.1, -0.05) is 11.6 Å². The number of halogens is 1. The highest BCUT2D eigenvalue weighted by Gasteiger charge is 2.19. The highest BCUT2D eigenvalue weighted by atomic mass is 35.5. The molecule has 2 rings (SSSR count). The average molecular weight is 361 g/mol. The number of hydrogen-bond donors (Lipinski definition) is 1. The average Bonchev–Trinajstić information content (AvgIpc) is 2.90. The fraction of sp³-hybridized carbons (Fsp3) is 0.231. The van der Waals surface area contributed by atoms with Crippen LogP contribution in [-0.2, 0) is 21.4 Å². The van der Waals surface area contributed by atoms with Crippen molar-refractivity contribution in [3.8, 4) is 0 Å². The molecule has 1 N–H and O–H groups in total. The second-order valence-corrected chi connectivity index (χ2v) is 7.61. The first-order chi connectivity index (χ1) is 10.3. The minimum Gasteiger partial charge on any atom is -0.456 e. The second-order valence-electron chi connectivity index (χ2n) is 4.29. The van der Waals surface area contributed by atoms with Crippen LogP contribution in [0.2, 0.25) is 5.02 Å². The van der Waals surface area contributed by atoms with E-state index in [0.717, 1.165) is 5.01 Å². The Balaban J connectivity index is 2.18. The van der Waals surface area contributed by atoms with Gasteiger partial charge in [0.05, 0.1) is 21.3 Å². The van der Waals surface area contributed by atoms with Gasteiger partial charge < -0.3 is 4.74 Å². The number of nitrogens with zero attached hydrogens (tertiary/aromatic N) is 1. The first-order valence-corrected chi connectivity index (χ1v) is 8.89. The Morgan fingerprint density at radius 2 is 2.18 bits per heavy atom. The summed E-state index contributed by atoms with van der Waals surface area (Å²) in [6.45, 7) is 1.88. The Morgan fingerprint density at radius 3 is 2.77 bits per heavy atom. The number of aryl methyl sites for hydroxylation is 1. The summed E-state index contributed by atoms with van der Waals surface area (Å²) in [7, 11) is -2.48. The maximum Gasteiger partial charge on any atom is 0.338 e. The summed E-state index contributed by atoms with van der Waals surface area (Å²) in [6.07, 6.45) is 0. The van der Waals surface area contributed by atoms with Crippen molar-refractivity contribution < 1.29 is 17.9 Å². The number of nitrogens with one attached hydrogen (secondary N) is 1. The van der Waals surface area contributed by atoms with Crippen LogP contribution in [0.3, 0.4) is 0 Å². The van der Waals surface area contributed by atoms with Crippen LogP contribution in [0.4, 0.5) is 0 Å². The van der Waals surface area contributed by atoms with Crippen molar-refractivity contribution in [2.75, 3.05) is 7.05 Å². The standard InChI is InChI=1S/C13H13ClN2O4S2/c1-8-16-10(7-21-8)6-20-13(17)9-3-4-11(14)12(5-9)22(18,19)15-2/h3-5,7,15H,6H2,1-2H3. The first kappa shape index (κ1) is 16.9. The summed E-state index contributed by atoms with van der Waals surface area (Å²) >= 11 is 7.32. The summed E-state index contributed by atoms with van der Waals surface area (Å²) in [4.78, 5) is 16.0. The largest absolute Gasteiger partial charge is 0.456 e. The highest BCUT2D eigenvalue weighted by Crippen LogP contribution is 2.23. The molecule has 0 saturated carbocycles. The number of carbonyl (C=O) groups is 1. The molecule has 1 aromatic heterocycles. The molecule has 0 amide bonds. The fourth-order valence-corrected chi connectivity index (χ4v) is 3.49. The Morgan fingerprint density at radius 1 is 1.45 bits per heavy atom. The molecule has 0 radical (unpaired) electrons. The van der Waals surface area contributed by atoms with Gasteiger partial charge >= 0.3 is 5.97 Å². The van der Waals surface area contributed by atoms with Gasteiger partial charge in [-0.3, -0.25) is 0 Å². The van der Waals surface area contributed by atoms with Crippen molar-refractivity contribution in [2.45, 2.75) is 18.4 Å². The molecule has 0 fully saturated rings. The number of benzene rings is 1.